The highest BCUT2D eigenvalue weighted by molar-refractivity contribution is 7.87. The number of hydrogen-bond donors (Lipinski definition) is 3. The van der Waals surface area contributed by atoms with Crippen LogP contribution in [-0.4, -0.2) is 46.7 Å². The topological polar surface area (TPSA) is 161 Å². The average molecular weight is 513 g/mol. The summed E-state index contributed by atoms with van der Waals surface area (Å²) in [6, 6.07) is 8.03. The highest BCUT2D eigenvalue weighted by Gasteiger charge is 2.24. The quantitative estimate of drug-likeness (QED) is 0.313. The van der Waals surface area contributed by atoms with Crippen LogP contribution in [0.2, 0.25) is 5.02 Å². The van der Waals surface area contributed by atoms with Crippen LogP contribution in [0.5, 0.6) is 5.75 Å². The fourth-order valence-electron chi connectivity index (χ4n) is 2.46. The number of aryl methyl sites for hydroxylation is 1. The molecule has 34 heavy (non-hydrogen) atoms. The molecule has 182 valence electrons. The average Bonchev–Trinajstić information content (AvgIpc) is 2.76. The van der Waals surface area contributed by atoms with E-state index in [1.165, 1.54) is 37.3 Å². The molecule has 0 aliphatic rings. The van der Waals surface area contributed by atoms with Crippen molar-refractivity contribution in [2.45, 2.75) is 18.7 Å². The van der Waals surface area contributed by atoms with E-state index < -0.39 is 39.1 Å². The van der Waals surface area contributed by atoms with E-state index in [0.717, 1.165) is 20.3 Å². The van der Waals surface area contributed by atoms with Crippen molar-refractivity contribution in [2.24, 2.45) is 4.99 Å². The minimum atomic E-state index is -4.54. The fraction of sp³-hybridized carbons (Fsp3) is 0.200. The Hall–Kier alpha value is -3.84. The van der Waals surface area contributed by atoms with E-state index in [2.05, 4.69) is 30.4 Å². The number of ether oxygens (including phenoxy) is 2. The van der Waals surface area contributed by atoms with Crippen LogP contribution < -0.4 is 20.1 Å². The molecule has 3 N–H and O–H groups in total. The standard InChI is InChI=1S/C20H21ClN4O8S/c1-11-9-13(21)5-8-16(11)33-34(29,30)17-10-14(22-12(2)26)6-7-15(17)23-18(24-19(27)31-3)25-20(28)32-4/h5-10H,1-4H3,(H,22,26)(H2,23,24,25,27,28). The Morgan fingerprint density at radius 3 is 2.12 bits per heavy atom. The number of halogens is 1. The van der Waals surface area contributed by atoms with Crippen molar-refractivity contribution in [2.75, 3.05) is 19.5 Å². The number of nitrogens with zero attached hydrogens (tertiary/aromatic N) is 1. The number of nitrogens with one attached hydrogen (secondary N) is 3. The Kier molecular flexibility index (Phi) is 8.81. The molecule has 2 aromatic rings. The zero-order valence-electron chi connectivity index (χ0n) is 18.5. The van der Waals surface area contributed by atoms with Gasteiger partial charge in [0.05, 0.1) is 19.9 Å². The molecule has 0 aliphatic carbocycles. The van der Waals surface area contributed by atoms with Crippen LogP contribution in [0.15, 0.2) is 46.3 Å². The molecule has 0 atom stereocenters. The number of benzene rings is 2. The molecule has 0 bridgehead atoms. The Balaban J connectivity index is 2.62. The van der Waals surface area contributed by atoms with Crippen LogP contribution in [0.1, 0.15) is 12.5 Å². The van der Waals surface area contributed by atoms with Crippen LogP contribution in [0, 0.1) is 6.92 Å². The van der Waals surface area contributed by atoms with E-state index in [0.29, 0.717) is 10.6 Å². The van der Waals surface area contributed by atoms with Gasteiger partial charge in [-0.1, -0.05) is 11.6 Å². The molecule has 2 aromatic carbocycles. The molecular weight excluding hydrogens is 492 g/mol. The SMILES string of the molecule is COC(=O)NC(=Nc1ccc(NC(C)=O)cc1S(=O)(=O)Oc1ccc(Cl)cc1C)NC(=O)OC. The maximum Gasteiger partial charge on any atom is 0.413 e. The van der Waals surface area contributed by atoms with Gasteiger partial charge in [-0.05, 0) is 48.9 Å². The van der Waals surface area contributed by atoms with Crippen molar-refractivity contribution >= 4 is 57.1 Å². The molecular formula is C20H21ClN4O8S. The van der Waals surface area contributed by atoms with Gasteiger partial charge in [-0.25, -0.2) is 14.6 Å². The van der Waals surface area contributed by atoms with E-state index in [1.807, 2.05) is 0 Å². The molecule has 0 saturated carbocycles. The van der Waals surface area contributed by atoms with Gasteiger partial charge < -0.3 is 19.0 Å². The maximum atomic E-state index is 13.2. The largest absolute Gasteiger partial charge is 0.453 e. The molecule has 0 heterocycles. The molecule has 0 spiro atoms. The maximum absolute atomic E-state index is 13.2. The summed E-state index contributed by atoms with van der Waals surface area (Å²) in [4.78, 5) is 38.3. The van der Waals surface area contributed by atoms with Crippen LogP contribution in [-0.2, 0) is 24.4 Å². The number of alkyl carbamates (subject to hydrolysis) is 2. The Labute approximate surface area is 200 Å². The van der Waals surface area contributed by atoms with Crippen molar-refractivity contribution < 1.29 is 36.5 Å². The summed E-state index contributed by atoms with van der Waals surface area (Å²) in [5.74, 6) is -0.940. The molecule has 0 aliphatic heterocycles. The van der Waals surface area contributed by atoms with Gasteiger partial charge in [0.1, 0.15) is 10.6 Å². The van der Waals surface area contributed by atoms with E-state index in [-0.39, 0.29) is 17.1 Å². The van der Waals surface area contributed by atoms with Gasteiger partial charge in [-0.15, -0.1) is 0 Å². The summed E-state index contributed by atoms with van der Waals surface area (Å²) in [5, 5.41) is 7.10. The Bertz CT molecular complexity index is 1230. The van der Waals surface area contributed by atoms with E-state index >= 15 is 0 Å². The molecule has 0 unspecified atom stereocenters. The molecule has 0 saturated heterocycles. The van der Waals surface area contributed by atoms with Crippen LogP contribution in [0.25, 0.3) is 0 Å². The lowest BCUT2D eigenvalue weighted by molar-refractivity contribution is -0.114. The molecule has 0 aromatic heterocycles. The number of carbonyl (C=O) groups is 3. The smallest absolute Gasteiger partial charge is 0.413 e. The molecule has 3 amide bonds. The number of hydrogen-bond acceptors (Lipinski definition) is 9. The number of methoxy groups -OCH3 is 2. The Morgan fingerprint density at radius 1 is 0.971 bits per heavy atom. The Morgan fingerprint density at radius 2 is 1.59 bits per heavy atom. The third kappa shape index (κ3) is 7.35. The second kappa shape index (κ2) is 11.3. The first-order chi connectivity index (χ1) is 15.9. The molecule has 12 nitrogen and oxygen atoms in total. The van der Waals surface area contributed by atoms with E-state index in [9.17, 15) is 22.8 Å². The lowest BCUT2D eigenvalue weighted by Crippen LogP contribution is -2.43. The summed E-state index contributed by atoms with van der Waals surface area (Å²) in [7, 11) is -2.39. The number of carbonyl (C=O) groups excluding carboxylic acids is 3. The predicted octanol–water partition coefficient (Wildman–Crippen LogP) is 3.07. The van der Waals surface area contributed by atoms with Crippen molar-refractivity contribution in [3.63, 3.8) is 0 Å². The van der Waals surface area contributed by atoms with E-state index in [1.54, 1.807) is 6.92 Å². The molecule has 0 radical (unpaired) electrons. The third-order valence-corrected chi connectivity index (χ3v) is 5.43. The monoisotopic (exact) mass is 512 g/mol. The molecule has 0 fully saturated rings. The number of rotatable bonds is 5. The summed E-state index contributed by atoms with van der Waals surface area (Å²) in [6.07, 6.45) is -2.00. The highest BCUT2D eigenvalue weighted by Crippen LogP contribution is 2.32. The minimum absolute atomic E-state index is 0.00450. The number of anilines is 1. The van der Waals surface area contributed by atoms with Crippen molar-refractivity contribution in [3.8, 4) is 5.75 Å². The summed E-state index contributed by atoms with van der Waals surface area (Å²) < 4.78 is 40.6. The van der Waals surface area contributed by atoms with Gasteiger partial charge in [-0.3, -0.25) is 15.4 Å². The van der Waals surface area contributed by atoms with Gasteiger partial charge in [0.15, 0.2) is 0 Å². The van der Waals surface area contributed by atoms with Crippen LogP contribution in [0.3, 0.4) is 0 Å². The molecule has 14 heteroatoms. The first-order valence-electron chi connectivity index (χ1n) is 9.36. The minimum Gasteiger partial charge on any atom is -0.453 e. The van der Waals surface area contributed by atoms with Gasteiger partial charge in [0, 0.05) is 17.6 Å². The second-order valence-corrected chi connectivity index (χ2v) is 8.46. The van der Waals surface area contributed by atoms with Gasteiger partial charge in [0.25, 0.3) is 0 Å². The number of amides is 3. The molecule has 2 rings (SSSR count). The second-order valence-electron chi connectivity index (χ2n) is 6.50. The van der Waals surface area contributed by atoms with Crippen molar-refractivity contribution in [1.29, 1.82) is 0 Å². The third-order valence-electron chi connectivity index (χ3n) is 3.93. The van der Waals surface area contributed by atoms with Gasteiger partial charge in [-0.2, -0.15) is 8.42 Å². The lowest BCUT2D eigenvalue weighted by Gasteiger charge is -2.14. The van der Waals surface area contributed by atoms with Crippen molar-refractivity contribution in [3.05, 3.63) is 47.0 Å². The van der Waals surface area contributed by atoms with Crippen molar-refractivity contribution in [1.82, 2.24) is 10.6 Å². The summed E-state index contributed by atoms with van der Waals surface area (Å²) in [5.41, 5.74) is 0.327. The van der Waals surface area contributed by atoms with Gasteiger partial charge in [0.2, 0.25) is 11.9 Å². The number of aliphatic imine (C=N–C) groups is 1. The van der Waals surface area contributed by atoms with E-state index in [4.69, 9.17) is 15.8 Å². The zero-order chi connectivity index (χ0) is 25.5. The van der Waals surface area contributed by atoms with Crippen LogP contribution in [0.4, 0.5) is 21.0 Å². The highest BCUT2D eigenvalue weighted by atomic mass is 35.5. The summed E-state index contributed by atoms with van der Waals surface area (Å²) in [6.45, 7) is 2.84. The normalized spacial score (nSPS) is 10.5. The van der Waals surface area contributed by atoms with Crippen LogP contribution >= 0.6 is 11.6 Å². The predicted molar refractivity (Wildman–Crippen MR) is 123 cm³/mol. The lowest BCUT2D eigenvalue weighted by atomic mass is 10.2. The fourth-order valence-corrected chi connectivity index (χ4v) is 3.84. The first-order valence-corrected chi connectivity index (χ1v) is 11.1. The summed E-state index contributed by atoms with van der Waals surface area (Å²) >= 11 is 5.91. The zero-order valence-corrected chi connectivity index (χ0v) is 20.0. The number of guanidine groups is 1. The first kappa shape index (κ1) is 26.4. The van der Waals surface area contributed by atoms with Gasteiger partial charge >= 0.3 is 22.3 Å².